The highest BCUT2D eigenvalue weighted by atomic mass is 79.9. The van der Waals surface area contributed by atoms with Crippen LogP contribution in [0.25, 0.3) is 6.08 Å². The monoisotopic (exact) mass is 402 g/mol. The van der Waals surface area contributed by atoms with Gasteiger partial charge in [0.05, 0.1) is 4.88 Å². The third-order valence-electron chi connectivity index (χ3n) is 3.24. The van der Waals surface area contributed by atoms with E-state index < -0.39 is 0 Å². The Hall–Kier alpha value is -2.11. The summed E-state index contributed by atoms with van der Waals surface area (Å²) in [5, 5.41) is 0. The van der Waals surface area contributed by atoms with Crippen molar-refractivity contribution in [3.05, 3.63) is 80.4 Å². The van der Waals surface area contributed by atoms with Crippen molar-refractivity contribution in [3.63, 3.8) is 0 Å². The minimum Gasteiger partial charge on any atom is -0.486 e. The fourth-order valence-electron chi connectivity index (χ4n) is 2.08. The van der Waals surface area contributed by atoms with Gasteiger partial charge in [-0.05, 0) is 61.5 Å². The number of hydrogen-bond donors (Lipinski definition) is 0. The summed E-state index contributed by atoms with van der Waals surface area (Å²) in [6, 6.07) is 15.1. The number of rotatable bonds is 6. The highest BCUT2D eigenvalue weighted by Gasteiger charge is 2.06. The molecule has 0 radical (unpaired) electrons. The van der Waals surface area contributed by atoms with Gasteiger partial charge in [-0.25, -0.2) is 0 Å². The van der Waals surface area contributed by atoms with E-state index in [2.05, 4.69) is 15.9 Å². The van der Waals surface area contributed by atoms with Crippen LogP contribution in [0.15, 0.2) is 63.5 Å². The van der Waals surface area contributed by atoms with Gasteiger partial charge in [0.15, 0.2) is 5.78 Å². The molecule has 2 heterocycles. The molecule has 3 nitrogen and oxygen atoms in total. The van der Waals surface area contributed by atoms with Crippen LogP contribution in [0.3, 0.4) is 0 Å². The number of thiophene rings is 1. The molecule has 0 aliphatic heterocycles. The van der Waals surface area contributed by atoms with Crippen molar-refractivity contribution in [2.24, 2.45) is 0 Å². The maximum Gasteiger partial charge on any atom is 0.195 e. The molecule has 24 heavy (non-hydrogen) atoms. The largest absolute Gasteiger partial charge is 0.486 e. The van der Waals surface area contributed by atoms with Crippen LogP contribution in [0.1, 0.15) is 26.1 Å². The lowest BCUT2D eigenvalue weighted by Crippen LogP contribution is -1.93. The summed E-state index contributed by atoms with van der Waals surface area (Å²) in [5.74, 6) is 2.08. The highest BCUT2D eigenvalue weighted by Crippen LogP contribution is 2.20. The number of furan rings is 1. The summed E-state index contributed by atoms with van der Waals surface area (Å²) in [6.07, 6.45) is 3.21. The van der Waals surface area contributed by atoms with Gasteiger partial charge in [-0.3, -0.25) is 4.79 Å². The summed E-state index contributed by atoms with van der Waals surface area (Å²) in [7, 11) is 0. The average molecular weight is 403 g/mol. The maximum atomic E-state index is 12.0. The first-order valence-electron chi connectivity index (χ1n) is 7.36. The maximum absolute atomic E-state index is 12.0. The molecule has 0 amide bonds. The fourth-order valence-corrected chi connectivity index (χ4v) is 3.25. The Labute approximate surface area is 152 Å². The number of carbonyl (C=O) groups excluding carboxylic acids is 1. The average Bonchev–Trinajstić information content (AvgIpc) is 3.20. The zero-order valence-electron chi connectivity index (χ0n) is 13.0. The standard InChI is InChI=1S/C19H15BrO3S/c1-13-5-10-19(24-13)18(21)9-8-15-6-7-17(23-15)12-22-16-4-2-3-14(20)11-16/h2-11H,12H2,1H3/b9-8+. The second kappa shape index (κ2) is 7.64. The Morgan fingerprint density at radius 2 is 2.12 bits per heavy atom. The van der Waals surface area contributed by atoms with Crippen molar-refractivity contribution in [1.82, 2.24) is 0 Å². The molecule has 122 valence electrons. The van der Waals surface area contributed by atoms with Gasteiger partial charge in [-0.1, -0.05) is 22.0 Å². The molecule has 3 aromatic rings. The molecular weight excluding hydrogens is 388 g/mol. The molecule has 0 saturated heterocycles. The molecule has 0 fully saturated rings. The lowest BCUT2D eigenvalue weighted by atomic mass is 10.3. The quantitative estimate of drug-likeness (QED) is 0.381. The minimum atomic E-state index is -0.0172. The molecule has 2 aromatic heterocycles. The summed E-state index contributed by atoms with van der Waals surface area (Å²) in [4.78, 5) is 13.9. The van der Waals surface area contributed by atoms with E-state index in [1.54, 1.807) is 6.08 Å². The summed E-state index contributed by atoms with van der Waals surface area (Å²) in [5.41, 5.74) is 0. The van der Waals surface area contributed by atoms with E-state index in [1.165, 1.54) is 17.4 Å². The van der Waals surface area contributed by atoms with Crippen LogP contribution in [0, 0.1) is 6.92 Å². The van der Waals surface area contributed by atoms with E-state index in [0.29, 0.717) is 18.1 Å². The number of ether oxygens (including phenoxy) is 1. The van der Waals surface area contributed by atoms with E-state index in [4.69, 9.17) is 9.15 Å². The number of aryl methyl sites for hydroxylation is 1. The van der Waals surface area contributed by atoms with Gasteiger partial charge in [0, 0.05) is 9.35 Å². The van der Waals surface area contributed by atoms with Gasteiger partial charge in [0.2, 0.25) is 0 Å². The van der Waals surface area contributed by atoms with E-state index in [0.717, 1.165) is 20.0 Å². The number of hydrogen-bond acceptors (Lipinski definition) is 4. The number of allylic oxidation sites excluding steroid dienone is 1. The molecule has 0 aliphatic rings. The normalized spacial score (nSPS) is 11.1. The Bertz CT molecular complexity index is 876. The van der Waals surface area contributed by atoms with Crippen LogP contribution in [-0.4, -0.2) is 5.78 Å². The third-order valence-corrected chi connectivity index (χ3v) is 4.75. The number of halogens is 1. The topological polar surface area (TPSA) is 39.4 Å². The molecule has 0 spiro atoms. The van der Waals surface area contributed by atoms with Gasteiger partial charge in [-0.15, -0.1) is 11.3 Å². The van der Waals surface area contributed by atoms with Gasteiger partial charge < -0.3 is 9.15 Å². The van der Waals surface area contributed by atoms with E-state index >= 15 is 0 Å². The predicted octanol–water partition coefficient (Wildman–Crippen LogP) is 5.89. The lowest BCUT2D eigenvalue weighted by Gasteiger charge is -2.03. The molecule has 3 rings (SSSR count). The first-order chi connectivity index (χ1) is 11.6. The molecule has 1 aromatic carbocycles. The van der Waals surface area contributed by atoms with Crippen molar-refractivity contribution in [2.45, 2.75) is 13.5 Å². The Morgan fingerprint density at radius 3 is 2.88 bits per heavy atom. The van der Waals surface area contributed by atoms with Crippen molar-refractivity contribution >= 4 is 39.1 Å². The molecule has 0 N–H and O–H groups in total. The van der Waals surface area contributed by atoms with Crippen LogP contribution in [0.4, 0.5) is 0 Å². The fraction of sp³-hybridized carbons (Fsp3) is 0.105. The molecule has 0 saturated carbocycles. The molecule has 5 heteroatoms. The van der Waals surface area contributed by atoms with Gasteiger partial charge in [0.1, 0.15) is 23.9 Å². The van der Waals surface area contributed by atoms with Crippen molar-refractivity contribution in [1.29, 1.82) is 0 Å². The minimum absolute atomic E-state index is 0.0172. The second-order valence-electron chi connectivity index (χ2n) is 5.16. The van der Waals surface area contributed by atoms with Crippen LogP contribution in [0.5, 0.6) is 5.75 Å². The van der Waals surface area contributed by atoms with Gasteiger partial charge in [0.25, 0.3) is 0 Å². The van der Waals surface area contributed by atoms with Crippen LogP contribution >= 0.6 is 27.3 Å². The zero-order chi connectivity index (χ0) is 16.9. The van der Waals surface area contributed by atoms with E-state index in [9.17, 15) is 4.79 Å². The summed E-state index contributed by atoms with van der Waals surface area (Å²) >= 11 is 4.89. The Balaban J connectivity index is 1.59. The van der Waals surface area contributed by atoms with Crippen molar-refractivity contribution < 1.29 is 13.9 Å². The number of ketones is 1. The molecule has 0 aliphatic carbocycles. The summed E-state index contributed by atoms with van der Waals surface area (Å²) < 4.78 is 12.3. The number of carbonyl (C=O) groups is 1. The molecule has 0 atom stereocenters. The second-order valence-corrected chi connectivity index (χ2v) is 7.36. The molecule has 0 unspecified atom stereocenters. The van der Waals surface area contributed by atoms with Crippen molar-refractivity contribution in [2.75, 3.05) is 0 Å². The van der Waals surface area contributed by atoms with Gasteiger partial charge >= 0.3 is 0 Å². The Morgan fingerprint density at radius 1 is 1.25 bits per heavy atom. The lowest BCUT2D eigenvalue weighted by molar-refractivity contribution is 0.105. The summed E-state index contributed by atoms with van der Waals surface area (Å²) in [6.45, 7) is 2.32. The number of benzene rings is 1. The predicted molar refractivity (Wildman–Crippen MR) is 99.6 cm³/mol. The molecule has 0 bridgehead atoms. The van der Waals surface area contributed by atoms with Crippen LogP contribution in [0.2, 0.25) is 0 Å². The van der Waals surface area contributed by atoms with Crippen molar-refractivity contribution in [3.8, 4) is 5.75 Å². The first kappa shape index (κ1) is 16.7. The van der Waals surface area contributed by atoms with Crippen LogP contribution in [-0.2, 0) is 6.61 Å². The Kier molecular flexibility index (Phi) is 5.33. The van der Waals surface area contributed by atoms with E-state index in [1.807, 2.05) is 55.5 Å². The van der Waals surface area contributed by atoms with Crippen LogP contribution < -0.4 is 4.74 Å². The van der Waals surface area contributed by atoms with E-state index in [-0.39, 0.29) is 5.78 Å². The zero-order valence-corrected chi connectivity index (χ0v) is 15.4. The SMILES string of the molecule is Cc1ccc(C(=O)/C=C/c2ccc(COc3cccc(Br)c3)o2)s1. The highest BCUT2D eigenvalue weighted by molar-refractivity contribution is 9.10. The van der Waals surface area contributed by atoms with Gasteiger partial charge in [-0.2, -0.15) is 0 Å². The smallest absolute Gasteiger partial charge is 0.195 e. The third kappa shape index (κ3) is 4.46. The first-order valence-corrected chi connectivity index (χ1v) is 8.97. The molecular formula is C19H15BrO3S.